The molecule has 0 bridgehead atoms. The summed E-state index contributed by atoms with van der Waals surface area (Å²) in [5, 5.41) is 10.0. The van der Waals surface area contributed by atoms with Crippen LogP contribution in [-0.2, 0) is 4.79 Å². The third kappa shape index (κ3) is 6.57. The van der Waals surface area contributed by atoms with Crippen molar-refractivity contribution in [2.24, 2.45) is 0 Å². The molecule has 0 radical (unpaired) electrons. The maximum atomic E-state index is 10.5. The molecule has 1 rings (SSSR count). The Morgan fingerprint density at radius 1 is 0.867 bits per heavy atom. The van der Waals surface area contributed by atoms with Gasteiger partial charge in [0, 0.05) is 52.4 Å². The molecule has 1 aliphatic heterocycles. The Morgan fingerprint density at radius 3 is 1.80 bits per heavy atom. The van der Waals surface area contributed by atoms with Gasteiger partial charge in [-0.05, 0) is 0 Å². The van der Waals surface area contributed by atoms with Gasteiger partial charge >= 0.3 is 0 Å². The second kappa shape index (κ2) is 8.79. The molecule has 0 aliphatic carbocycles. The lowest BCUT2D eigenvalue weighted by Gasteiger charge is -2.21. The van der Waals surface area contributed by atoms with Crippen LogP contribution in [0.5, 0.6) is 0 Å². The fraction of sp³-hybridized carbons (Fsp3) is 0.900. The van der Waals surface area contributed by atoms with Crippen LogP contribution in [0.3, 0.4) is 0 Å². The maximum absolute atomic E-state index is 10.5. The number of rotatable bonds is 2. The van der Waals surface area contributed by atoms with E-state index in [0.29, 0.717) is 6.54 Å². The first-order chi connectivity index (χ1) is 7.43. The number of hydrogen-bond acceptors (Lipinski definition) is 5. The van der Waals surface area contributed by atoms with E-state index in [4.69, 9.17) is 0 Å². The van der Waals surface area contributed by atoms with Crippen molar-refractivity contribution in [3.8, 4) is 0 Å². The largest absolute Gasteiger partial charge is 0.314 e. The summed E-state index contributed by atoms with van der Waals surface area (Å²) in [5.41, 5.74) is 0. The summed E-state index contributed by atoms with van der Waals surface area (Å²) in [6.45, 7) is 8.35. The molecule has 0 atom stereocenters. The number of carbonyl (C=O) groups is 1. The van der Waals surface area contributed by atoms with Gasteiger partial charge in [-0.3, -0.25) is 4.90 Å². The molecule has 0 aromatic rings. The molecular weight excluding hydrogens is 192 g/mol. The molecule has 0 aromatic heterocycles. The van der Waals surface area contributed by atoms with Gasteiger partial charge in [0.2, 0.25) is 0 Å². The van der Waals surface area contributed by atoms with Gasteiger partial charge in [0.15, 0.2) is 0 Å². The van der Waals surface area contributed by atoms with Crippen molar-refractivity contribution >= 4 is 6.29 Å². The monoisotopic (exact) mass is 214 g/mol. The van der Waals surface area contributed by atoms with Crippen molar-refractivity contribution in [1.29, 1.82) is 0 Å². The van der Waals surface area contributed by atoms with E-state index in [1.54, 1.807) is 0 Å². The fourth-order valence-electron chi connectivity index (χ4n) is 1.60. The minimum absolute atomic E-state index is 0.543. The molecule has 15 heavy (non-hydrogen) atoms. The zero-order valence-electron chi connectivity index (χ0n) is 9.30. The zero-order chi connectivity index (χ0) is 10.8. The average Bonchev–Trinajstić information content (AvgIpc) is 2.22. The Labute approximate surface area is 91.6 Å². The number of carbonyl (C=O) groups excluding carboxylic acids is 1. The normalized spacial score (nSPS) is 22.7. The zero-order valence-corrected chi connectivity index (χ0v) is 9.30. The Balaban J connectivity index is 2.22. The first kappa shape index (κ1) is 12.6. The van der Waals surface area contributed by atoms with E-state index in [9.17, 15) is 4.79 Å². The number of nitrogens with one attached hydrogen (secondary N) is 3. The Kier molecular flexibility index (Phi) is 7.37. The lowest BCUT2D eigenvalue weighted by atomic mass is 10.4. The Bertz CT molecular complexity index is 154. The topological polar surface area (TPSA) is 56.4 Å². The lowest BCUT2D eigenvalue weighted by Crippen LogP contribution is -2.42. The molecule has 88 valence electrons. The molecular formula is C10H22N4O. The lowest BCUT2D eigenvalue weighted by molar-refractivity contribution is -0.108. The molecule has 5 nitrogen and oxygen atoms in total. The molecule has 0 aromatic carbocycles. The van der Waals surface area contributed by atoms with Gasteiger partial charge in [0.1, 0.15) is 6.29 Å². The van der Waals surface area contributed by atoms with Crippen LogP contribution in [0, 0.1) is 0 Å². The molecule has 0 spiro atoms. The summed E-state index contributed by atoms with van der Waals surface area (Å²) in [4.78, 5) is 12.6. The third-order valence-corrected chi connectivity index (χ3v) is 2.50. The second-order valence-corrected chi connectivity index (χ2v) is 3.72. The summed E-state index contributed by atoms with van der Waals surface area (Å²) >= 11 is 0. The molecule has 5 heteroatoms. The van der Waals surface area contributed by atoms with Gasteiger partial charge < -0.3 is 20.7 Å². The summed E-state index contributed by atoms with van der Waals surface area (Å²) in [7, 11) is 0. The molecule has 1 saturated heterocycles. The second-order valence-electron chi connectivity index (χ2n) is 3.72. The van der Waals surface area contributed by atoms with Gasteiger partial charge in [0.05, 0.1) is 6.54 Å². The minimum Gasteiger partial charge on any atom is -0.314 e. The van der Waals surface area contributed by atoms with Crippen molar-refractivity contribution in [2.45, 2.75) is 0 Å². The molecule has 0 amide bonds. The standard InChI is InChI=1S/C10H22N4O/c15-10-9-14-7-5-12-3-1-11-2-4-13-6-8-14/h10-13H,1-9H2. The maximum Gasteiger partial charge on any atom is 0.133 e. The van der Waals surface area contributed by atoms with Crippen LogP contribution >= 0.6 is 0 Å². The quantitative estimate of drug-likeness (QED) is 0.477. The Morgan fingerprint density at radius 2 is 1.33 bits per heavy atom. The van der Waals surface area contributed by atoms with E-state index in [0.717, 1.165) is 58.6 Å². The predicted octanol–water partition coefficient (Wildman–Crippen LogP) is -1.73. The highest BCUT2D eigenvalue weighted by atomic mass is 16.1. The van der Waals surface area contributed by atoms with E-state index in [-0.39, 0.29) is 0 Å². The molecule has 1 heterocycles. The van der Waals surface area contributed by atoms with Crippen molar-refractivity contribution in [3.05, 3.63) is 0 Å². The average molecular weight is 214 g/mol. The van der Waals surface area contributed by atoms with E-state index < -0.39 is 0 Å². The SMILES string of the molecule is O=CCN1CCNCCNCCNCC1. The number of nitrogens with zero attached hydrogens (tertiary/aromatic N) is 1. The smallest absolute Gasteiger partial charge is 0.133 e. The van der Waals surface area contributed by atoms with E-state index in [1.165, 1.54) is 0 Å². The van der Waals surface area contributed by atoms with Gasteiger partial charge in [-0.1, -0.05) is 0 Å². The highest BCUT2D eigenvalue weighted by Gasteiger charge is 2.03. The van der Waals surface area contributed by atoms with Gasteiger partial charge in [-0.2, -0.15) is 0 Å². The first-order valence-corrected chi connectivity index (χ1v) is 5.71. The molecule has 0 unspecified atom stereocenters. The van der Waals surface area contributed by atoms with Crippen LogP contribution in [0.25, 0.3) is 0 Å². The molecule has 1 fully saturated rings. The first-order valence-electron chi connectivity index (χ1n) is 5.71. The summed E-state index contributed by atoms with van der Waals surface area (Å²) in [5.74, 6) is 0. The predicted molar refractivity (Wildman–Crippen MR) is 61.1 cm³/mol. The highest BCUT2D eigenvalue weighted by Crippen LogP contribution is 1.84. The molecule has 1 aliphatic rings. The van der Waals surface area contributed by atoms with E-state index in [1.807, 2.05) is 0 Å². The molecule has 3 N–H and O–H groups in total. The molecule has 0 saturated carbocycles. The van der Waals surface area contributed by atoms with Crippen LogP contribution in [0.4, 0.5) is 0 Å². The van der Waals surface area contributed by atoms with Gasteiger partial charge in [-0.25, -0.2) is 0 Å². The Hall–Kier alpha value is -0.490. The summed E-state index contributed by atoms with van der Waals surface area (Å²) < 4.78 is 0. The van der Waals surface area contributed by atoms with Crippen molar-refractivity contribution in [3.63, 3.8) is 0 Å². The summed E-state index contributed by atoms with van der Waals surface area (Å²) in [6, 6.07) is 0. The van der Waals surface area contributed by atoms with Gasteiger partial charge in [0.25, 0.3) is 0 Å². The minimum atomic E-state index is 0.543. The third-order valence-electron chi connectivity index (χ3n) is 2.50. The number of aldehydes is 1. The van der Waals surface area contributed by atoms with Crippen LogP contribution in [0.15, 0.2) is 0 Å². The van der Waals surface area contributed by atoms with Crippen LogP contribution in [0.1, 0.15) is 0 Å². The van der Waals surface area contributed by atoms with Crippen molar-refractivity contribution in [2.75, 3.05) is 58.9 Å². The van der Waals surface area contributed by atoms with E-state index >= 15 is 0 Å². The van der Waals surface area contributed by atoms with Crippen molar-refractivity contribution < 1.29 is 4.79 Å². The fourth-order valence-corrected chi connectivity index (χ4v) is 1.60. The van der Waals surface area contributed by atoms with Crippen molar-refractivity contribution in [1.82, 2.24) is 20.9 Å². The summed E-state index contributed by atoms with van der Waals surface area (Å²) in [6.07, 6.45) is 0.980. The number of hydrogen-bond donors (Lipinski definition) is 3. The highest BCUT2D eigenvalue weighted by molar-refractivity contribution is 5.51. The van der Waals surface area contributed by atoms with E-state index in [2.05, 4.69) is 20.9 Å². The van der Waals surface area contributed by atoms with Gasteiger partial charge in [-0.15, -0.1) is 0 Å². The van der Waals surface area contributed by atoms with Crippen LogP contribution in [0.2, 0.25) is 0 Å². The van der Waals surface area contributed by atoms with Crippen LogP contribution < -0.4 is 16.0 Å². The van der Waals surface area contributed by atoms with Crippen LogP contribution in [-0.4, -0.2) is 70.1 Å².